The number of hydrogen-bond donors (Lipinski definition) is 0. The van der Waals surface area contributed by atoms with Crippen LogP contribution in [0.15, 0.2) is 156 Å². The van der Waals surface area contributed by atoms with Crippen LogP contribution in [0.25, 0.3) is 60.6 Å². The van der Waals surface area contributed by atoms with Crippen LogP contribution in [0.1, 0.15) is 5.56 Å². The number of rotatable bonds is 5. The van der Waals surface area contributed by atoms with Gasteiger partial charge in [-0.2, -0.15) is 0 Å². The zero-order valence-corrected chi connectivity index (χ0v) is 23.2. The Labute approximate surface area is 242 Å². The van der Waals surface area contributed by atoms with Gasteiger partial charge in [-0.1, -0.05) is 122 Å². The SMILES string of the molecule is C=C(/C=C/C=C/C(=C)n1c2ccccc2c2c3c4ccccc4n4c3c(cc21)Sc1ccccc1-4)c1ccccc1. The molecule has 8 rings (SSSR count). The van der Waals surface area contributed by atoms with Gasteiger partial charge in [0.25, 0.3) is 0 Å². The van der Waals surface area contributed by atoms with Gasteiger partial charge in [-0.05, 0) is 47.5 Å². The quantitative estimate of drug-likeness (QED) is 0.197. The van der Waals surface area contributed by atoms with Crippen LogP contribution in [0, 0.1) is 0 Å². The highest BCUT2D eigenvalue weighted by atomic mass is 32.2. The fraction of sp³-hybridized carbons (Fsp3) is 0. The lowest BCUT2D eigenvalue weighted by molar-refractivity contribution is 1.09. The summed E-state index contributed by atoms with van der Waals surface area (Å²) in [6.07, 6.45) is 8.22. The van der Waals surface area contributed by atoms with Gasteiger partial charge in [0.2, 0.25) is 0 Å². The van der Waals surface area contributed by atoms with Crippen molar-refractivity contribution in [1.82, 2.24) is 9.13 Å². The minimum absolute atomic E-state index is 0.919. The molecule has 3 heterocycles. The van der Waals surface area contributed by atoms with Crippen LogP contribution in [0.3, 0.4) is 0 Å². The van der Waals surface area contributed by atoms with Gasteiger partial charge >= 0.3 is 0 Å². The Hall–Kier alpha value is -4.99. The molecule has 1 aliphatic rings. The highest BCUT2D eigenvalue weighted by Gasteiger charge is 2.27. The summed E-state index contributed by atoms with van der Waals surface area (Å²) >= 11 is 1.86. The summed E-state index contributed by atoms with van der Waals surface area (Å²) < 4.78 is 4.76. The third-order valence-corrected chi connectivity index (χ3v) is 9.09. The van der Waals surface area contributed by atoms with Crippen LogP contribution in [-0.4, -0.2) is 9.13 Å². The van der Waals surface area contributed by atoms with Crippen molar-refractivity contribution in [2.24, 2.45) is 0 Å². The largest absolute Gasteiger partial charge is 0.310 e. The van der Waals surface area contributed by atoms with Crippen molar-refractivity contribution in [3.8, 4) is 5.69 Å². The predicted octanol–water partition coefficient (Wildman–Crippen LogP) is 10.7. The molecule has 0 saturated carbocycles. The highest BCUT2D eigenvalue weighted by Crippen LogP contribution is 2.51. The van der Waals surface area contributed by atoms with E-state index in [1.165, 1.54) is 53.6 Å². The zero-order valence-electron chi connectivity index (χ0n) is 22.4. The monoisotopic (exact) mass is 542 g/mol. The molecule has 1 aliphatic heterocycles. The average molecular weight is 543 g/mol. The molecular weight excluding hydrogens is 516 g/mol. The third kappa shape index (κ3) is 3.60. The summed E-state index contributed by atoms with van der Waals surface area (Å²) in [7, 11) is 0. The first kappa shape index (κ1) is 23.9. The molecule has 0 N–H and O–H groups in total. The number of para-hydroxylation sites is 3. The van der Waals surface area contributed by atoms with E-state index < -0.39 is 0 Å². The van der Waals surface area contributed by atoms with Gasteiger partial charge in [0, 0.05) is 37.0 Å². The Bertz CT molecular complexity index is 2260. The number of allylic oxidation sites excluding steroid dienone is 6. The molecule has 2 nitrogen and oxygen atoms in total. The normalized spacial score (nSPS) is 12.8. The second kappa shape index (κ2) is 9.29. The average Bonchev–Trinajstić information content (AvgIpc) is 3.53. The standard InChI is InChI=1S/C38H26N2S/c1-25(27-16-4-3-5-17-27)14-6-7-15-26(2)39-30-20-10-8-18-28(30)36-33(39)24-35-38-37(36)29-19-9-11-21-31(29)40(38)32-22-12-13-23-34(32)41-35/h3-24H,1-2H2/b14-6+,15-7+. The second-order valence-corrected chi connectivity index (χ2v) is 11.5. The molecule has 0 unspecified atom stereocenters. The molecule has 2 aromatic heterocycles. The van der Waals surface area contributed by atoms with E-state index in [1.807, 2.05) is 42.1 Å². The van der Waals surface area contributed by atoms with Gasteiger partial charge < -0.3 is 9.13 Å². The lowest BCUT2D eigenvalue weighted by Gasteiger charge is -2.20. The minimum atomic E-state index is 0.919. The molecule has 0 bridgehead atoms. The summed E-state index contributed by atoms with van der Waals surface area (Å²) in [6.45, 7) is 8.75. The van der Waals surface area contributed by atoms with Crippen molar-refractivity contribution in [1.29, 1.82) is 0 Å². The van der Waals surface area contributed by atoms with Gasteiger partial charge in [0.15, 0.2) is 0 Å². The fourth-order valence-corrected chi connectivity index (χ4v) is 7.33. The third-order valence-electron chi connectivity index (χ3n) is 7.99. The molecule has 0 aliphatic carbocycles. The van der Waals surface area contributed by atoms with E-state index in [2.05, 4.69) is 125 Å². The molecule has 0 amide bonds. The molecule has 3 heteroatoms. The Balaban J connectivity index is 1.35. The molecule has 41 heavy (non-hydrogen) atoms. The summed E-state index contributed by atoms with van der Waals surface area (Å²) in [5.41, 5.74) is 9.13. The first-order valence-corrected chi connectivity index (χ1v) is 14.6. The van der Waals surface area contributed by atoms with Crippen molar-refractivity contribution in [2.45, 2.75) is 9.79 Å². The van der Waals surface area contributed by atoms with Crippen molar-refractivity contribution in [3.05, 3.63) is 152 Å². The summed E-state index contributed by atoms with van der Waals surface area (Å²) in [5, 5.41) is 5.10. The Morgan fingerprint density at radius 2 is 1.27 bits per heavy atom. The zero-order chi connectivity index (χ0) is 27.5. The summed E-state index contributed by atoms with van der Waals surface area (Å²) in [6, 6.07) is 38.8. The lowest BCUT2D eigenvalue weighted by Crippen LogP contribution is -2.01. The molecule has 7 aromatic rings. The van der Waals surface area contributed by atoms with Gasteiger partial charge in [0.1, 0.15) is 0 Å². The molecule has 5 aromatic carbocycles. The van der Waals surface area contributed by atoms with E-state index >= 15 is 0 Å². The number of hydrogen-bond acceptors (Lipinski definition) is 1. The van der Waals surface area contributed by atoms with Crippen LogP contribution in [0.4, 0.5) is 0 Å². The van der Waals surface area contributed by atoms with Gasteiger partial charge in [-0.25, -0.2) is 0 Å². The predicted molar refractivity (Wildman–Crippen MR) is 177 cm³/mol. The maximum Gasteiger partial charge on any atom is 0.0688 e. The lowest BCUT2D eigenvalue weighted by atomic mass is 10.1. The summed E-state index contributed by atoms with van der Waals surface area (Å²) in [5.74, 6) is 0. The Morgan fingerprint density at radius 1 is 0.610 bits per heavy atom. The van der Waals surface area contributed by atoms with Crippen molar-refractivity contribution in [3.63, 3.8) is 0 Å². The van der Waals surface area contributed by atoms with Gasteiger partial charge in [-0.15, -0.1) is 0 Å². The highest BCUT2D eigenvalue weighted by molar-refractivity contribution is 7.99. The second-order valence-electron chi connectivity index (χ2n) is 10.4. The van der Waals surface area contributed by atoms with Gasteiger partial charge in [-0.3, -0.25) is 0 Å². The molecule has 0 atom stereocenters. The van der Waals surface area contributed by atoms with Crippen molar-refractivity contribution in [2.75, 3.05) is 0 Å². The van der Waals surface area contributed by atoms with E-state index in [0.29, 0.717) is 0 Å². The van der Waals surface area contributed by atoms with Crippen LogP contribution >= 0.6 is 11.8 Å². The molecular formula is C38H26N2S. The van der Waals surface area contributed by atoms with E-state index in [1.54, 1.807) is 0 Å². The smallest absolute Gasteiger partial charge is 0.0688 e. The maximum absolute atomic E-state index is 4.53. The van der Waals surface area contributed by atoms with E-state index in [9.17, 15) is 0 Å². The number of benzene rings is 5. The van der Waals surface area contributed by atoms with Crippen molar-refractivity contribution < 1.29 is 0 Å². The topological polar surface area (TPSA) is 9.86 Å². The number of nitrogens with zero attached hydrogens (tertiary/aromatic N) is 2. The van der Waals surface area contributed by atoms with Crippen LogP contribution in [0.5, 0.6) is 0 Å². The van der Waals surface area contributed by atoms with Crippen LogP contribution in [0.2, 0.25) is 0 Å². The van der Waals surface area contributed by atoms with Crippen LogP contribution < -0.4 is 0 Å². The number of fused-ring (bicyclic) bond motifs is 9. The Kier molecular flexibility index (Phi) is 5.41. The van der Waals surface area contributed by atoms with E-state index in [4.69, 9.17) is 0 Å². The molecule has 0 fully saturated rings. The van der Waals surface area contributed by atoms with Crippen LogP contribution in [-0.2, 0) is 0 Å². The molecule has 0 spiro atoms. The Morgan fingerprint density at radius 3 is 2.10 bits per heavy atom. The number of aromatic nitrogens is 2. The minimum Gasteiger partial charge on any atom is -0.310 e. The first-order valence-electron chi connectivity index (χ1n) is 13.8. The summed E-state index contributed by atoms with van der Waals surface area (Å²) in [4.78, 5) is 2.54. The first-order chi connectivity index (χ1) is 20.2. The fourth-order valence-electron chi connectivity index (χ4n) is 6.22. The van der Waals surface area contributed by atoms with Gasteiger partial charge in [0.05, 0.1) is 27.8 Å². The van der Waals surface area contributed by atoms with Crippen molar-refractivity contribution >= 4 is 66.6 Å². The molecule has 0 radical (unpaired) electrons. The maximum atomic E-state index is 4.53. The van der Waals surface area contributed by atoms with E-state index in [0.717, 1.165) is 22.4 Å². The molecule has 0 saturated heterocycles. The van der Waals surface area contributed by atoms with E-state index in [-0.39, 0.29) is 0 Å². The molecule has 194 valence electrons.